The van der Waals surface area contributed by atoms with Crippen molar-refractivity contribution in [2.45, 2.75) is 31.1 Å². The number of hydrogen-bond acceptors (Lipinski definition) is 3. The molecule has 0 aromatic heterocycles. The number of nitrogens with one attached hydrogen (secondary N) is 1. The van der Waals surface area contributed by atoms with Gasteiger partial charge in [0, 0.05) is 6.54 Å². The molecule has 7 heteroatoms. The molecule has 0 bridgehead atoms. The highest BCUT2D eigenvalue weighted by Crippen LogP contribution is 2.31. The predicted octanol–water partition coefficient (Wildman–Crippen LogP) is 2.26. The lowest BCUT2D eigenvalue weighted by atomic mass is 9.99. The molecule has 0 heterocycles. The second kappa shape index (κ2) is 5.65. The van der Waals surface area contributed by atoms with Crippen molar-refractivity contribution < 1.29 is 17.2 Å². The third kappa shape index (κ3) is 2.93. The van der Waals surface area contributed by atoms with Crippen LogP contribution in [-0.2, 0) is 10.0 Å². The fourth-order valence-corrected chi connectivity index (χ4v) is 3.76. The number of nitrogen functional groups attached to an aromatic ring is 1. The molecule has 0 radical (unpaired) electrons. The van der Waals surface area contributed by atoms with Crippen molar-refractivity contribution in [1.82, 2.24) is 4.72 Å². The standard InChI is InChI=1S/C13H18F2N2O2S/c1-8-3-2-4-9(8)7-17-20(18,19)11-6-5-10(14)13(16)12(11)15/h5-6,8-9,17H,2-4,7,16H2,1H3. The second-order valence-electron chi connectivity index (χ2n) is 5.29. The topological polar surface area (TPSA) is 72.2 Å². The lowest BCUT2D eigenvalue weighted by molar-refractivity contribution is 0.414. The summed E-state index contributed by atoms with van der Waals surface area (Å²) in [6, 6.07) is 1.74. The molecule has 0 amide bonds. The highest BCUT2D eigenvalue weighted by atomic mass is 32.2. The maximum atomic E-state index is 13.8. The maximum absolute atomic E-state index is 13.8. The molecule has 0 spiro atoms. The molecule has 2 rings (SSSR count). The zero-order valence-electron chi connectivity index (χ0n) is 11.2. The molecule has 1 aromatic carbocycles. The summed E-state index contributed by atoms with van der Waals surface area (Å²) in [5.41, 5.74) is 4.40. The van der Waals surface area contributed by atoms with E-state index in [4.69, 9.17) is 5.73 Å². The fourth-order valence-electron chi connectivity index (χ4n) is 2.58. The van der Waals surface area contributed by atoms with Gasteiger partial charge in [-0.15, -0.1) is 0 Å². The normalized spacial score (nSPS) is 23.1. The van der Waals surface area contributed by atoms with E-state index in [1.165, 1.54) is 0 Å². The summed E-state index contributed by atoms with van der Waals surface area (Å²) >= 11 is 0. The van der Waals surface area contributed by atoms with Crippen LogP contribution in [-0.4, -0.2) is 15.0 Å². The van der Waals surface area contributed by atoms with Crippen LogP contribution in [0.5, 0.6) is 0 Å². The van der Waals surface area contributed by atoms with Crippen LogP contribution in [0.15, 0.2) is 17.0 Å². The van der Waals surface area contributed by atoms with Crippen LogP contribution < -0.4 is 10.5 Å². The quantitative estimate of drug-likeness (QED) is 0.838. The summed E-state index contributed by atoms with van der Waals surface area (Å²) in [5, 5.41) is 0. The van der Waals surface area contributed by atoms with Gasteiger partial charge in [0.25, 0.3) is 0 Å². The van der Waals surface area contributed by atoms with Gasteiger partial charge < -0.3 is 5.73 Å². The number of hydrogen-bond donors (Lipinski definition) is 2. The van der Waals surface area contributed by atoms with Crippen LogP contribution in [0, 0.1) is 23.5 Å². The zero-order valence-corrected chi connectivity index (χ0v) is 12.0. The van der Waals surface area contributed by atoms with Crippen molar-refractivity contribution in [2.75, 3.05) is 12.3 Å². The zero-order chi connectivity index (χ0) is 14.9. The average Bonchev–Trinajstić information content (AvgIpc) is 2.79. The van der Waals surface area contributed by atoms with Gasteiger partial charge in [0.1, 0.15) is 16.4 Å². The number of benzene rings is 1. The molecule has 3 N–H and O–H groups in total. The Morgan fingerprint density at radius 2 is 2.05 bits per heavy atom. The first-order chi connectivity index (χ1) is 9.33. The van der Waals surface area contributed by atoms with Crippen molar-refractivity contribution in [3.05, 3.63) is 23.8 Å². The molecule has 20 heavy (non-hydrogen) atoms. The number of nitrogens with two attached hydrogens (primary N) is 1. The first-order valence-corrected chi connectivity index (χ1v) is 8.04. The van der Waals surface area contributed by atoms with Crippen molar-refractivity contribution in [2.24, 2.45) is 11.8 Å². The van der Waals surface area contributed by atoms with Crippen LogP contribution in [0.2, 0.25) is 0 Å². The first-order valence-electron chi connectivity index (χ1n) is 6.56. The van der Waals surface area contributed by atoms with Crippen molar-refractivity contribution in [3.8, 4) is 0 Å². The molecule has 1 aliphatic carbocycles. The van der Waals surface area contributed by atoms with Gasteiger partial charge in [0.05, 0.1) is 0 Å². The fraction of sp³-hybridized carbons (Fsp3) is 0.538. The number of halogens is 2. The summed E-state index contributed by atoms with van der Waals surface area (Å²) in [6.07, 6.45) is 3.10. The van der Waals surface area contributed by atoms with Crippen molar-refractivity contribution >= 4 is 15.7 Å². The van der Waals surface area contributed by atoms with Gasteiger partial charge in [-0.1, -0.05) is 19.8 Å². The number of sulfonamides is 1. The largest absolute Gasteiger partial charge is 0.394 e. The Kier molecular flexibility index (Phi) is 4.29. The van der Waals surface area contributed by atoms with E-state index < -0.39 is 32.2 Å². The Morgan fingerprint density at radius 1 is 1.35 bits per heavy atom. The van der Waals surface area contributed by atoms with Crippen LogP contribution in [0.25, 0.3) is 0 Å². The molecular weight excluding hydrogens is 286 g/mol. The van der Waals surface area contributed by atoms with E-state index in [0.717, 1.165) is 31.4 Å². The second-order valence-corrected chi connectivity index (χ2v) is 7.03. The van der Waals surface area contributed by atoms with Crippen LogP contribution in [0.1, 0.15) is 26.2 Å². The Bertz CT molecular complexity index is 605. The monoisotopic (exact) mass is 304 g/mol. The Hall–Kier alpha value is -1.21. The van der Waals surface area contributed by atoms with E-state index in [-0.39, 0.29) is 12.5 Å². The highest BCUT2D eigenvalue weighted by molar-refractivity contribution is 7.89. The summed E-state index contributed by atoms with van der Waals surface area (Å²) in [6.45, 7) is 2.34. The Labute approximate surface area is 117 Å². The molecule has 1 fully saturated rings. The summed E-state index contributed by atoms with van der Waals surface area (Å²) in [7, 11) is -4.01. The molecule has 2 atom stereocenters. The van der Waals surface area contributed by atoms with Crippen LogP contribution >= 0.6 is 0 Å². The SMILES string of the molecule is CC1CCCC1CNS(=O)(=O)c1ccc(F)c(N)c1F. The number of anilines is 1. The van der Waals surface area contributed by atoms with Gasteiger partial charge in [-0.25, -0.2) is 21.9 Å². The van der Waals surface area contributed by atoms with Crippen molar-refractivity contribution in [1.29, 1.82) is 0 Å². The summed E-state index contributed by atoms with van der Waals surface area (Å²) in [4.78, 5) is -0.609. The minimum absolute atomic E-state index is 0.255. The minimum atomic E-state index is -4.01. The van der Waals surface area contributed by atoms with E-state index in [9.17, 15) is 17.2 Å². The van der Waals surface area contributed by atoms with E-state index in [2.05, 4.69) is 11.6 Å². The van der Waals surface area contributed by atoms with Crippen LogP contribution in [0.4, 0.5) is 14.5 Å². The first kappa shape index (κ1) is 15.2. The van der Waals surface area contributed by atoms with Gasteiger partial charge in [0.15, 0.2) is 5.82 Å². The molecule has 1 aliphatic rings. The minimum Gasteiger partial charge on any atom is -0.394 e. The van der Waals surface area contributed by atoms with Gasteiger partial charge in [0.2, 0.25) is 10.0 Å². The van der Waals surface area contributed by atoms with Crippen molar-refractivity contribution in [3.63, 3.8) is 0 Å². The molecule has 2 unspecified atom stereocenters. The Balaban J connectivity index is 2.16. The molecule has 1 aromatic rings. The molecule has 0 aliphatic heterocycles. The summed E-state index contributed by atoms with van der Waals surface area (Å²) in [5.74, 6) is -1.51. The third-order valence-corrected chi connectivity index (χ3v) is 5.40. The molecule has 1 saturated carbocycles. The number of rotatable bonds is 4. The molecule has 112 valence electrons. The van der Waals surface area contributed by atoms with E-state index in [1.807, 2.05) is 0 Å². The van der Waals surface area contributed by atoms with Gasteiger partial charge >= 0.3 is 0 Å². The van der Waals surface area contributed by atoms with E-state index in [1.54, 1.807) is 0 Å². The maximum Gasteiger partial charge on any atom is 0.243 e. The third-order valence-electron chi connectivity index (χ3n) is 3.96. The van der Waals surface area contributed by atoms with Crippen LogP contribution in [0.3, 0.4) is 0 Å². The molecular formula is C13H18F2N2O2S. The lowest BCUT2D eigenvalue weighted by Crippen LogP contribution is -2.31. The average molecular weight is 304 g/mol. The predicted molar refractivity (Wildman–Crippen MR) is 72.5 cm³/mol. The van der Waals surface area contributed by atoms with E-state index in [0.29, 0.717) is 5.92 Å². The van der Waals surface area contributed by atoms with E-state index >= 15 is 0 Å². The smallest absolute Gasteiger partial charge is 0.243 e. The molecule has 0 saturated heterocycles. The Morgan fingerprint density at radius 3 is 2.65 bits per heavy atom. The lowest BCUT2D eigenvalue weighted by Gasteiger charge is -2.16. The summed E-state index contributed by atoms with van der Waals surface area (Å²) < 4.78 is 53.3. The highest BCUT2D eigenvalue weighted by Gasteiger charge is 2.27. The van der Waals surface area contributed by atoms with Gasteiger partial charge in [-0.3, -0.25) is 0 Å². The molecule has 4 nitrogen and oxygen atoms in total. The van der Waals surface area contributed by atoms with Gasteiger partial charge in [-0.05, 0) is 30.4 Å². The van der Waals surface area contributed by atoms with Gasteiger partial charge in [-0.2, -0.15) is 0 Å².